The van der Waals surface area contributed by atoms with Crippen molar-refractivity contribution in [3.63, 3.8) is 0 Å². The van der Waals surface area contributed by atoms with Gasteiger partial charge >= 0.3 is 6.61 Å². The average molecular weight is 499 g/mol. The summed E-state index contributed by atoms with van der Waals surface area (Å²) in [4.78, 5) is 32.9. The van der Waals surface area contributed by atoms with E-state index >= 15 is 0 Å². The van der Waals surface area contributed by atoms with Gasteiger partial charge in [0, 0.05) is 19.2 Å². The molecular formula is C23H19F2N5O4S. The average Bonchev–Trinajstić information content (AvgIpc) is 3.46. The summed E-state index contributed by atoms with van der Waals surface area (Å²) in [7, 11) is 0. The van der Waals surface area contributed by atoms with Gasteiger partial charge in [-0.1, -0.05) is 11.8 Å². The molecule has 12 heteroatoms. The van der Waals surface area contributed by atoms with Crippen molar-refractivity contribution in [3.05, 3.63) is 54.1 Å². The van der Waals surface area contributed by atoms with Crippen molar-refractivity contribution >= 4 is 40.5 Å². The minimum atomic E-state index is -2.99. The van der Waals surface area contributed by atoms with Crippen molar-refractivity contribution in [2.24, 2.45) is 4.99 Å². The lowest BCUT2D eigenvalue weighted by molar-refractivity contribution is -0.128. The first-order valence-corrected chi connectivity index (χ1v) is 11.3. The number of nitrogens with zero attached hydrogens (tertiary/aromatic N) is 5. The molecule has 0 unspecified atom stereocenters. The van der Waals surface area contributed by atoms with Crippen LogP contribution in [0.5, 0.6) is 5.75 Å². The van der Waals surface area contributed by atoms with Gasteiger partial charge in [-0.2, -0.15) is 19.3 Å². The van der Waals surface area contributed by atoms with Crippen molar-refractivity contribution < 1.29 is 27.5 Å². The molecule has 0 bridgehead atoms. The Kier molecular flexibility index (Phi) is 8.98. The lowest BCUT2D eigenvalue weighted by Gasteiger charge is -2.21. The minimum Gasteiger partial charge on any atom is -0.465 e. The van der Waals surface area contributed by atoms with Crippen LogP contribution in [0.3, 0.4) is 0 Å². The van der Waals surface area contributed by atoms with E-state index in [4.69, 9.17) is 14.9 Å². The molecular weight excluding hydrogens is 480 g/mol. The van der Waals surface area contributed by atoms with E-state index in [1.165, 1.54) is 46.4 Å². The molecule has 0 saturated carbocycles. The van der Waals surface area contributed by atoms with Gasteiger partial charge in [0.15, 0.2) is 5.17 Å². The fourth-order valence-corrected chi connectivity index (χ4v) is 3.97. The molecule has 2 aromatic rings. The molecule has 35 heavy (non-hydrogen) atoms. The number of amides is 2. The van der Waals surface area contributed by atoms with Gasteiger partial charge in [-0.15, -0.1) is 0 Å². The summed E-state index contributed by atoms with van der Waals surface area (Å²) in [6.45, 7) is -2.62. The molecule has 0 saturated heterocycles. The molecule has 0 atom stereocenters. The number of amidine groups is 1. The number of thioether (sulfide) groups is 1. The molecule has 3 rings (SSSR count). The number of halogens is 2. The molecule has 0 spiro atoms. The Morgan fingerprint density at radius 1 is 1.20 bits per heavy atom. The highest BCUT2D eigenvalue weighted by molar-refractivity contribution is 8.14. The van der Waals surface area contributed by atoms with Crippen molar-refractivity contribution in [2.45, 2.75) is 19.5 Å². The molecule has 1 aliphatic rings. The number of anilines is 1. The lowest BCUT2D eigenvalue weighted by atomic mass is 10.2. The van der Waals surface area contributed by atoms with E-state index in [0.29, 0.717) is 11.4 Å². The van der Waals surface area contributed by atoms with Crippen LogP contribution < -0.4 is 9.64 Å². The van der Waals surface area contributed by atoms with Crippen LogP contribution in [0.15, 0.2) is 57.8 Å². The topological polar surface area (TPSA) is 123 Å². The van der Waals surface area contributed by atoms with Gasteiger partial charge in [-0.25, -0.2) is 4.99 Å². The number of carbonyl (C=O) groups is 2. The Labute approximate surface area is 203 Å². The van der Waals surface area contributed by atoms with Crippen LogP contribution in [-0.4, -0.2) is 47.3 Å². The Bertz CT molecular complexity index is 1170. The van der Waals surface area contributed by atoms with Crippen LogP contribution in [0.2, 0.25) is 0 Å². The number of alkyl halides is 2. The summed E-state index contributed by atoms with van der Waals surface area (Å²) < 4.78 is 34.6. The minimum absolute atomic E-state index is 0.0635. The van der Waals surface area contributed by atoms with Crippen molar-refractivity contribution in [1.29, 1.82) is 10.5 Å². The zero-order chi connectivity index (χ0) is 25.2. The Morgan fingerprint density at radius 2 is 1.89 bits per heavy atom. The van der Waals surface area contributed by atoms with E-state index in [2.05, 4.69) is 9.73 Å². The molecule has 0 fully saturated rings. The summed E-state index contributed by atoms with van der Waals surface area (Å²) in [6.07, 6.45) is 3.14. The third kappa shape index (κ3) is 6.91. The van der Waals surface area contributed by atoms with Crippen LogP contribution in [0.25, 0.3) is 6.08 Å². The highest BCUT2D eigenvalue weighted by atomic mass is 32.2. The molecule has 0 radical (unpaired) electrons. The maximum Gasteiger partial charge on any atom is 0.387 e. The summed E-state index contributed by atoms with van der Waals surface area (Å²) >= 11 is 1.00. The monoisotopic (exact) mass is 499 g/mol. The van der Waals surface area contributed by atoms with Gasteiger partial charge in [0.1, 0.15) is 17.2 Å². The number of hydrogen-bond donors (Lipinski definition) is 0. The Balaban J connectivity index is 1.83. The predicted octanol–water partition coefficient (Wildman–Crippen LogP) is 4.01. The largest absolute Gasteiger partial charge is 0.465 e. The number of ether oxygens (including phenoxy) is 1. The van der Waals surface area contributed by atoms with Gasteiger partial charge in [0.25, 0.3) is 5.91 Å². The molecule has 0 aliphatic carbocycles. The number of furan rings is 1. The molecule has 1 aromatic carbocycles. The number of rotatable bonds is 10. The van der Waals surface area contributed by atoms with Gasteiger partial charge in [-0.3, -0.25) is 14.5 Å². The maximum atomic E-state index is 13.1. The number of nitriles is 2. The van der Waals surface area contributed by atoms with E-state index < -0.39 is 12.5 Å². The standard InChI is InChI=1S/C23H19F2N5O4S/c24-22(25)34-17-7-5-16(6-8-17)30-21(32)19(14-18-4-1-13-33-18)28-23(30)35-15-20(31)29(11-2-9-26)12-3-10-27/h1,4-8,13-14,22H,2-3,11-12,15H2/b19-14+. The molecule has 0 N–H and O–H groups in total. The number of hydrogen-bond acceptors (Lipinski definition) is 8. The van der Waals surface area contributed by atoms with Crippen LogP contribution in [0, 0.1) is 22.7 Å². The Morgan fingerprint density at radius 3 is 2.46 bits per heavy atom. The number of benzene rings is 1. The fraction of sp³-hybridized carbons (Fsp3) is 0.261. The SMILES string of the molecule is N#CCCN(CCC#N)C(=O)CSC1=N/C(=C/c2ccco2)C(=O)N1c1ccc(OC(F)F)cc1. The molecule has 1 aliphatic heterocycles. The first-order valence-electron chi connectivity index (χ1n) is 10.3. The number of aliphatic imine (C=N–C) groups is 1. The predicted molar refractivity (Wildman–Crippen MR) is 124 cm³/mol. The van der Waals surface area contributed by atoms with Gasteiger partial charge in [-0.05, 0) is 36.4 Å². The smallest absolute Gasteiger partial charge is 0.387 e. The zero-order valence-electron chi connectivity index (χ0n) is 18.3. The van der Waals surface area contributed by atoms with Crippen molar-refractivity contribution in [1.82, 2.24) is 4.90 Å². The normalized spacial score (nSPS) is 14.1. The van der Waals surface area contributed by atoms with E-state index in [0.717, 1.165) is 11.8 Å². The molecule has 180 valence electrons. The van der Waals surface area contributed by atoms with E-state index in [9.17, 15) is 18.4 Å². The van der Waals surface area contributed by atoms with Gasteiger partial charge in [0.2, 0.25) is 5.91 Å². The van der Waals surface area contributed by atoms with Crippen LogP contribution in [0.4, 0.5) is 14.5 Å². The summed E-state index contributed by atoms with van der Waals surface area (Å²) in [5.41, 5.74) is 0.401. The lowest BCUT2D eigenvalue weighted by Crippen LogP contribution is -2.36. The second kappa shape index (κ2) is 12.3. The van der Waals surface area contributed by atoms with Crippen LogP contribution in [-0.2, 0) is 9.59 Å². The fourth-order valence-electron chi connectivity index (χ4n) is 3.05. The third-order valence-electron chi connectivity index (χ3n) is 4.64. The summed E-state index contributed by atoms with van der Waals surface area (Å²) in [6, 6.07) is 12.7. The van der Waals surface area contributed by atoms with Gasteiger partial charge < -0.3 is 14.1 Å². The summed E-state index contributed by atoms with van der Waals surface area (Å²) in [5.74, 6) is -0.586. The van der Waals surface area contributed by atoms with E-state index in [-0.39, 0.29) is 54.2 Å². The number of carbonyl (C=O) groups excluding carboxylic acids is 2. The van der Waals surface area contributed by atoms with Crippen molar-refractivity contribution in [3.8, 4) is 17.9 Å². The van der Waals surface area contributed by atoms with E-state index in [1.807, 2.05) is 12.1 Å². The maximum absolute atomic E-state index is 13.1. The second-order valence-corrected chi connectivity index (χ2v) is 7.88. The summed E-state index contributed by atoms with van der Waals surface area (Å²) in [5, 5.41) is 17.9. The van der Waals surface area contributed by atoms with Crippen molar-refractivity contribution in [2.75, 3.05) is 23.7 Å². The third-order valence-corrected chi connectivity index (χ3v) is 5.56. The first kappa shape index (κ1) is 25.5. The van der Waals surface area contributed by atoms with Crippen LogP contribution >= 0.6 is 11.8 Å². The Hall–Kier alpha value is -4.16. The van der Waals surface area contributed by atoms with Crippen LogP contribution in [0.1, 0.15) is 18.6 Å². The zero-order valence-corrected chi connectivity index (χ0v) is 19.1. The molecule has 2 heterocycles. The quantitative estimate of drug-likeness (QED) is 0.453. The molecule has 9 nitrogen and oxygen atoms in total. The molecule has 1 aromatic heterocycles. The van der Waals surface area contributed by atoms with E-state index in [1.54, 1.807) is 12.1 Å². The molecule has 2 amide bonds. The first-order chi connectivity index (χ1) is 16.9. The second-order valence-electron chi connectivity index (χ2n) is 6.94. The highest BCUT2D eigenvalue weighted by Gasteiger charge is 2.33. The van der Waals surface area contributed by atoms with Gasteiger partial charge in [0.05, 0.1) is 42.7 Å². The highest BCUT2D eigenvalue weighted by Crippen LogP contribution is 2.31.